The number of hydrogen-bond acceptors (Lipinski definition) is 5. The number of hydrogen-bond donors (Lipinski definition) is 1. The molecule has 1 aromatic carbocycles. The molecule has 1 aliphatic rings. The fraction of sp³-hybridized carbons (Fsp3) is 0.368. The Kier molecular flexibility index (Phi) is 6.00. The molecule has 3 rings (SSSR count). The van der Waals surface area contributed by atoms with Crippen LogP contribution in [0, 0.1) is 0 Å². The van der Waals surface area contributed by atoms with Gasteiger partial charge in [0, 0.05) is 19.6 Å². The first-order valence-corrected chi connectivity index (χ1v) is 9.13. The molecule has 1 fully saturated rings. The first kappa shape index (κ1) is 20.6. The molecule has 1 saturated heterocycles. The van der Waals surface area contributed by atoms with Crippen molar-refractivity contribution >= 4 is 17.6 Å². The van der Waals surface area contributed by atoms with E-state index in [4.69, 9.17) is 0 Å². The summed E-state index contributed by atoms with van der Waals surface area (Å²) in [5, 5.41) is 10.5. The van der Waals surface area contributed by atoms with E-state index >= 15 is 0 Å². The summed E-state index contributed by atoms with van der Waals surface area (Å²) in [7, 11) is 0. The fourth-order valence-electron chi connectivity index (χ4n) is 3.11. The minimum absolute atomic E-state index is 0.0835. The van der Waals surface area contributed by atoms with Gasteiger partial charge in [-0.2, -0.15) is 13.2 Å². The molecule has 0 atom stereocenters. The van der Waals surface area contributed by atoms with E-state index in [1.165, 1.54) is 29.2 Å². The van der Waals surface area contributed by atoms with E-state index in [1.807, 2.05) is 0 Å². The molecule has 0 radical (unpaired) electrons. The minimum atomic E-state index is -4.61. The average molecular weight is 407 g/mol. The van der Waals surface area contributed by atoms with Crippen LogP contribution in [0.1, 0.15) is 39.8 Å². The molecule has 1 N–H and O–H groups in total. The Balaban J connectivity index is 1.76. The lowest BCUT2D eigenvalue weighted by molar-refractivity contribution is -0.138. The predicted octanol–water partition coefficient (Wildman–Crippen LogP) is 2.56. The third-order valence-electron chi connectivity index (χ3n) is 4.49. The van der Waals surface area contributed by atoms with Crippen molar-refractivity contribution in [3.8, 4) is 0 Å². The topological polar surface area (TPSA) is 78.4 Å². The first-order valence-electron chi connectivity index (χ1n) is 9.13. The average Bonchev–Trinajstić information content (AvgIpc) is 2.73. The van der Waals surface area contributed by atoms with Crippen LogP contribution in [0.15, 0.2) is 36.4 Å². The van der Waals surface area contributed by atoms with Crippen molar-refractivity contribution in [3.63, 3.8) is 0 Å². The summed E-state index contributed by atoms with van der Waals surface area (Å²) >= 11 is 0. The Labute approximate surface area is 165 Å². The van der Waals surface area contributed by atoms with Crippen molar-refractivity contribution in [2.45, 2.75) is 19.5 Å². The molecule has 2 aromatic rings. The van der Waals surface area contributed by atoms with E-state index in [-0.39, 0.29) is 23.8 Å². The molecule has 0 saturated carbocycles. The number of alkyl halides is 3. The SMILES string of the molecule is CCNC(=O)c1ccc(N2CCCN(C(=O)c3ccccc3C(F)(F)F)C2)nn1. The molecule has 2 amide bonds. The summed E-state index contributed by atoms with van der Waals surface area (Å²) in [5.74, 6) is -0.583. The normalized spacial score (nSPS) is 14.6. The second-order valence-corrected chi connectivity index (χ2v) is 6.51. The van der Waals surface area contributed by atoms with Crippen molar-refractivity contribution in [1.29, 1.82) is 0 Å². The molecule has 1 aromatic heterocycles. The van der Waals surface area contributed by atoms with Crippen LogP contribution in [0.2, 0.25) is 0 Å². The van der Waals surface area contributed by atoms with Crippen LogP contribution < -0.4 is 10.2 Å². The van der Waals surface area contributed by atoms with Gasteiger partial charge in [-0.3, -0.25) is 9.59 Å². The Morgan fingerprint density at radius 3 is 2.52 bits per heavy atom. The lowest BCUT2D eigenvalue weighted by Gasteiger charge is -2.36. The Morgan fingerprint density at radius 1 is 1.10 bits per heavy atom. The van der Waals surface area contributed by atoms with E-state index in [1.54, 1.807) is 17.9 Å². The van der Waals surface area contributed by atoms with Crippen LogP contribution >= 0.6 is 0 Å². The van der Waals surface area contributed by atoms with Crippen molar-refractivity contribution < 1.29 is 22.8 Å². The number of anilines is 1. The monoisotopic (exact) mass is 407 g/mol. The largest absolute Gasteiger partial charge is 0.417 e. The zero-order valence-electron chi connectivity index (χ0n) is 15.7. The van der Waals surface area contributed by atoms with Crippen molar-refractivity contribution in [2.75, 3.05) is 31.2 Å². The summed E-state index contributed by atoms with van der Waals surface area (Å²) in [6.07, 6.45) is -4.04. The third kappa shape index (κ3) is 4.64. The van der Waals surface area contributed by atoms with Gasteiger partial charge in [0.1, 0.15) is 0 Å². The lowest BCUT2D eigenvalue weighted by atomic mass is 10.1. The van der Waals surface area contributed by atoms with Crippen LogP contribution in [0.25, 0.3) is 0 Å². The maximum atomic E-state index is 13.2. The maximum Gasteiger partial charge on any atom is 0.417 e. The number of carbonyl (C=O) groups excluding carboxylic acids is 2. The third-order valence-corrected chi connectivity index (χ3v) is 4.49. The van der Waals surface area contributed by atoms with Crippen molar-refractivity contribution in [2.24, 2.45) is 0 Å². The molecule has 154 valence electrons. The molecule has 0 bridgehead atoms. The second kappa shape index (κ2) is 8.46. The van der Waals surface area contributed by atoms with Gasteiger partial charge in [0.05, 0.1) is 17.8 Å². The molecule has 0 aliphatic carbocycles. The number of rotatable bonds is 4. The second-order valence-electron chi connectivity index (χ2n) is 6.51. The number of carbonyl (C=O) groups is 2. The van der Waals surface area contributed by atoms with E-state index in [2.05, 4.69) is 15.5 Å². The predicted molar refractivity (Wildman–Crippen MR) is 99.3 cm³/mol. The number of amides is 2. The van der Waals surface area contributed by atoms with Gasteiger partial charge in [-0.05, 0) is 37.6 Å². The molecule has 0 spiro atoms. The first-order chi connectivity index (χ1) is 13.8. The number of aromatic nitrogens is 2. The van der Waals surface area contributed by atoms with Crippen LogP contribution in [-0.2, 0) is 6.18 Å². The molecule has 10 heteroatoms. The van der Waals surface area contributed by atoms with Crippen LogP contribution in [0.3, 0.4) is 0 Å². The van der Waals surface area contributed by atoms with Crippen LogP contribution in [0.5, 0.6) is 0 Å². The highest BCUT2D eigenvalue weighted by atomic mass is 19.4. The Bertz CT molecular complexity index is 886. The Hall–Kier alpha value is -3.17. The van der Waals surface area contributed by atoms with Crippen LogP contribution in [0.4, 0.5) is 19.0 Å². The van der Waals surface area contributed by atoms with Gasteiger partial charge >= 0.3 is 6.18 Å². The van der Waals surface area contributed by atoms with Gasteiger partial charge in [-0.15, -0.1) is 10.2 Å². The lowest BCUT2D eigenvalue weighted by Crippen LogP contribution is -2.48. The number of halogens is 3. The quantitative estimate of drug-likeness (QED) is 0.843. The molecule has 2 heterocycles. The van der Waals surface area contributed by atoms with E-state index in [0.29, 0.717) is 31.9 Å². The standard InChI is InChI=1S/C19H20F3N5O2/c1-2-23-17(28)15-8-9-16(25-24-15)26-10-5-11-27(12-26)18(29)13-6-3-4-7-14(13)19(20,21)22/h3-4,6-9H,2,5,10-12H2,1H3,(H,23,28). The summed E-state index contributed by atoms with van der Waals surface area (Å²) in [4.78, 5) is 27.6. The van der Waals surface area contributed by atoms with E-state index in [9.17, 15) is 22.8 Å². The smallest absolute Gasteiger partial charge is 0.351 e. The Morgan fingerprint density at radius 2 is 1.86 bits per heavy atom. The van der Waals surface area contributed by atoms with E-state index < -0.39 is 17.6 Å². The number of benzene rings is 1. The number of nitrogens with one attached hydrogen (secondary N) is 1. The molecule has 7 nitrogen and oxygen atoms in total. The zero-order valence-corrected chi connectivity index (χ0v) is 15.7. The molecule has 0 unspecified atom stereocenters. The summed E-state index contributed by atoms with van der Waals surface area (Å²) < 4.78 is 39.7. The van der Waals surface area contributed by atoms with Gasteiger partial charge in [0.2, 0.25) is 0 Å². The highest BCUT2D eigenvalue weighted by molar-refractivity contribution is 5.96. The molecule has 1 aliphatic heterocycles. The zero-order chi connectivity index (χ0) is 21.0. The van der Waals surface area contributed by atoms with Crippen LogP contribution in [-0.4, -0.2) is 53.2 Å². The fourth-order valence-corrected chi connectivity index (χ4v) is 3.11. The highest BCUT2D eigenvalue weighted by Gasteiger charge is 2.36. The van der Waals surface area contributed by atoms with Gasteiger partial charge in [-0.1, -0.05) is 12.1 Å². The highest BCUT2D eigenvalue weighted by Crippen LogP contribution is 2.32. The van der Waals surface area contributed by atoms with Gasteiger partial charge < -0.3 is 15.1 Å². The summed E-state index contributed by atoms with van der Waals surface area (Å²) in [5.41, 5.74) is -1.16. The summed E-state index contributed by atoms with van der Waals surface area (Å²) in [6, 6.07) is 7.89. The molecule has 29 heavy (non-hydrogen) atoms. The molecular formula is C19H20F3N5O2. The molecular weight excluding hydrogens is 387 g/mol. The van der Waals surface area contributed by atoms with Gasteiger partial charge in [-0.25, -0.2) is 0 Å². The number of nitrogens with zero attached hydrogens (tertiary/aromatic N) is 4. The maximum absolute atomic E-state index is 13.2. The van der Waals surface area contributed by atoms with E-state index in [0.717, 1.165) is 6.07 Å². The van der Waals surface area contributed by atoms with Crippen molar-refractivity contribution in [1.82, 2.24) is 20.4 Å². The van der Waals surface area contributed by atoms with Gasteiger partial charge in [0.15, 0.2) is 11.5 Å². The van der Waals surface area contributed by atoms with Gasteiger partial charge in [0.25, 0.3) is 11.8 Å². The van der Waals surface area contributed by atoms with Crippen molar-refractivity contribution in [3.05, 3.63) is 53.2 Å². The minimum Gasteiger partial charge on any atom is -0.351 e. The summed E-state index contributed by atoms with van der Waals surface area (Å²) in [6.45, 7) is 3.24.